The van der Waals surface area contributed by atoms with Crippen LogP contribution in [0.15, 0.2) is 16.6 Å². The smallest absolute Gasteiger partial charge is 0.325 e. The summed E-state index contributed by atoms with van der Waals surface area (Å²) in [7, 11) is 1.52. The van der Waals surface area contributed by atoms with Gasteiger partial charge in [0.2, 0.25) is 0 Å². The van der Waals surface area contributed by atoms with Gasteiger partial charge in [0.15, 0.2) is 0 Å². The van der Waals surface area contributed by atoms with Gasteiger partial charge in [-0.15, -0.1) is 0 Å². The Balaban J connectivity index is 3.22. The molecule has 5 heteroatoms. The summed E-state index contributed by atoms with van der Waals surface area (Å²) in [5.41, 5.74) is 6.93. The molecule has 15 heavy (non-hydrogen) atoms. The molecule has 1 aromatic rings. The maximum atomic E-state index is 10.7. The summed E-state index contributed by atoms with van der Waals surface area (Å²) < 4.78 is 5.91. The Hall–Kier alpha value is -1.07. The second-order valence-corrected chi connectivity index (χ2v) is 3.96. The molecule has 0 aliphatic carbocycles. The van der Waals surface area contributed by atoms with Gasteiger partial charge in [0.05, 0.1) is 11.6 Å². The second kappa shape index (κ2) is 4.63. The molecule has 3 N–H and O–H groups in total. The monoisotopic (exact) mass is 273 g/mol. The molecule has 0 amide bonds. The first-order valence-corrected chi connectivity index (χ1v) is 5.09. The van der Waals surface area contributed by atoms with E-state index in [1.54, 1.807) is 12.1 Å². The summed E-state index contributed by atoms with van der Waals surface area (Å²) in [6.45, 7) is 1.85. The van der Waals surface area contributed by atoms with Crippen LogP contribution in [0, 0.1) is 6.92 Å². The summed E-state index contributed by atoms with van der Waals surface area (Å²) in [6, 6.07) is 2.33. The van der Waals surface area contributed by atoms with Gasteiger partial charge in [0, 0.05) is 0 Å². The highest BCUT2D eigenvalue weighted by Gasteiger charge is 2.17. The van der Waals surface area contributed by atoms with Crippen LogP contribution in [0.1, 0.15) is 17.2 Å². The molecule has 0 radical (unpaired) electrons. The number of aliphatic carboxylic acids is 1. The Morgan fingerprint density at radius 1 is 1.60 bits per heavy atom. The highest BCUT2D eigenvalue weighted by Crippen LogP contribution is 2.31. The Kier molecular flexibility index (Phi) is 3.71. The Labute approximate surface area is 96.2 Å². The van der Waals surface area contributed by atoms with Crippen molar-refractivity contribution in [2.75, 3.05) is 7.11 Å². The third kappa shape index (κ3) is 2.49. The van der Waals surface area contributed by atoms with Crippen LogP contribution in [0.5, 0.6) is 5.75 Å². The largest absolute Gasteiger partial charge is 0.496 e. The molecule has 0 aliphatic rings. The lowest BCUT2D eigenvalue weighted by molar-refractivity contribution is -0.138. The maximum absolute atomic E-state index is 10.7. The first-order valence-electron chi connectivity index (χ1n) is 4.29. The number of ether oxygens (including phenoxy) is 1. The average Bonchev–Trinajstić information content (AvgIpc) is 2.20. The van der Waals surface area contributed by atoms with Gasteiger partial charge in [0.1, 0.15) is 11.8 Å². The summed E-state index contributed by atoms with van der Waals surface area (Å²) >= 11 is 3.35. The quantitative estimate of drug-likeness (QED) is 0.882. The number of aryl methyl sites for hydroxylation is 1. The summed E-state index contributed by atoms with van der Waals surface area (Å²) in [4.78, 5) is 10.7. The molecule has 1 atom stereocenters. The Bertz CT molecular complexity index is 392. The van der Waals surface area contributed by atoms with Gasteiger partial charge in [-0.3, -0.25) is 4.79 Å². The van der Waals surface area contributed by atoms with E-state index >= 15 is 0 Å². The fraction of sp³-hybridized carbons (Fsp3) is 0.300. The molecule has 1 rings (SSSR count). The van der Waals surface area contributed by atoms with Crippen LogP contribution in [-0.4, -0.2) is 18.2 Å². The molecular weight excluding hydrogens is 262 g/mol. The first-order chi connectivity index (χ1) is 6.97. The van der Waals surface area contributed by atoms with E-state index in [4.69, 9.17) is 15.6 Å². The lowest BCUT2D eigenvalue weighted by atomic mass is 10.0. The number of carboxylic acids is 1. The van der Waals surface area contributed by atoms with Gasteiger partial charge in [0.25, 0.3) is 0 Å². The zero-order valence-electron chi connectivity index (χ0n) is 8.45. The number of carbonyl (C=O) groups is 1. The topological polar surface area (TPSA) is 72.5 Å². The molecule has 1 unspecified atom stereocenters. The van der Waals surface area contributed by atoms with Gasteiger partial charge in [-0.05, 0) is 40.0 Å². The van der Waals surface area contributed by atoms with E-state index in [2.05, 4.69) is 15.9 Å². The van der Waals surface area contributed by atoms with E-state index in [0.717, 1.165) is 10.0 Å². The van der Waals surface area contributed by atoms with Crippen LogP contribution in [0.2, 0.25) is 0 Å². The van der Waals surface area contributed by atoms with Crippen molar-refractivity contribution >= 4 is 21.9 Å². The maximum Gasteiger partial charge on any atom is 0.325 e. The number of hydrogen-bond acceptors (Lipinski definition) is 3. The van der Waals surface area contributed by atoms with Crippen molar-refractivity contribution < 1.29 is 14.6 Å². The normalized spacial score (nSPS) is 12.3. The van der Waals surface area contributed by atoms with Crippen LogP contribution in [-0.2, 0) is 4.79 Å². The molecule has 0 spiro atoms. The minimum atomic E-state index is -1.06. The molecule has 0 aromatic heterocycles. The minimum Gasteiger partial charge on any atom is -0.496 e. The molecule has 82 valence electrons. The Morgan fingerprint density at radius 2 is 2.20 bits per heavy atom. The third-order valence-electron chi connectivity index (χ3n) is 2.09. The minimum absolute atomic E-state index is 0.528. The lowest BCUT2D eigenvalue weighted by Crippen LogP contribution is -2.20. The lowest BCUT2D eigenvalue weighted by Gasteiger charge is -2.12. The van der Waals surface area contributed by atoms with Crippen molar-refractivity contribution in [1.82, 2.24) is 0 Å². The number of benzene rings is 1. The zero-order valence-corrected chi connectivity index (χ0v) is 10.0. The highest BCUT2D eigenvalue weighted by molar-refractivity contribution is 9.10. The van der Waals surface area contributed by atoms with Gasteiger partial charge in [-0.2, -0.15) is 0 Å². The standard InChI is InChI=1S/C10H12BrNO3/c1-5-3-6(9(12)10(13)14)4-7(15-2)8(5)11/h3-4,9H,12H2,1-2H3,(H,13,14). The van der Waals surface area contributed by atoms with E-state index in [1.807, 2.05) is 6.92 Å². The first kappa shape index (κ1) is 12.0. The fourth-order valence-corrected chi connectivity index (χ4v) is 1.63. The molecule has 4 nitrogen and oxygen atoms in total. The van der Waals surface area contributed by atoms with Crippen molar-refractivity contribution in [3.8, 4) is 5.75 Å². The van der Waals surface area contributed by atoms with E-state index < -0.39 is 12.0 Å². The highest BCUT2D eigenvalue weighted by atomic mass is 79.9. The van der Waals surface area contributed by atoms with E-state index in [0.29, 0.717) is 11.3 Å². The van der Waals surface area contributed by atoms with Gasteiger partial charge >= 0.3 is 5.97 Å². The number of hydrogen-bond donors (Lipinski definition) is 2. The van der Waals surface area contributed by atoms with Gasteiger partial charge < -0.3 is 15.6 Å². The number of carboxylic acid groups (broad SMARTS) is 1. The van der Waals surface area contributed by atoms with E-state index in [9.17, 15) is 4.79 Å². The third-order valence-corrected chi connectivity index (χ3v) is 3.10. The zero-order chi connectivity index (χ0) is 11.6. The molecule has 0 heterocycles. The summed E-state index contributed by atoms with van der Waals surface area (Å²) in [6.07, 6.45) is 0. The number of halogens is 1. The molecule has 0 fully saturated rings. The van der Waals surface area contributed by atoms with Crippen molar-refractivity contribution in [3.63, 3.8) is 0 Å². The van der Waals surface area contributed by atoms with Crippen LogP contribution in [0.25, 0.3) is 0 Å². The molecule has 0 aliphatic heterocycles. The van der Waals surface area contributed by atoms with Crippen molar-refractivity contribution in [3.05, 3.63) is 27.7 Å². The van der Waals surface area contributed by atoms with Crippen molar-refractivity contribution in [2.45, 2.75) is 13.0 Å². The molecule has 0 saturated heterocycles. The van der Waals surface area contributed by atoms with Crippen molar-refractivity contribution in [2.24, 2.45) is 5.73 Å². The van der Waals surface area contributed by atoms with E-state index in [-0.39, 0.29) is 0 Å². The number of rotatable bonds is 3. The van der Waals surface area contributed by atoms with Gasteiger partial charge in [-0.25, -0.2) is 0 Å². The van der Waals surface area contributed by atoms with Crippen molar-refractivity contribution in [1.29, 1.82) is 0 Å². The number of nitrogens with two attached hydrogens (primary N) is 1. The molecular formula is C10H12BrNO3. The fourth-order valence-electron chi connectivity index (χ4n) is 1.23. The molecule has 0 saturated carbocycles. The average molecular weight is 274 g/mol. The number of methoxy groups -OCH3 is 1. The predicted molar refractivity (Wildman–Crippen MR) is 60.0 cm³/mol. The van der Waals surface area contributed by atoms with Crippen LogP contribution < -0.4 is 10.5 Å². The Morgan fingerprint density at radius 3 is 2.67 bits per heavy atom. The van der Waals surface area contributed by atoms with Crippen LogP contribution >= 0.6 is 15.9 Å². The summed E-state index contributed by atoms with van der Waals surface area (Å²) in [5.74, 6) is -0.472. The second-order valence-electron chi connectivity index (χ2n) is 3.17. The molecule has 0 bridgehead atoms. The predicted octanol–water partition coefficient (Wildman–Crippen LogP) is 1.85. The van der Waals surface area contributed by atoms with E-state index in [1.165, 1.54) is 7.11 Å². The molecule has 1 aromatic carbocycles. The van der Waals surface area contributed by atoms with Crippen LogP contribution in [0.3, 0.4) is 0 Å². The SMILES string of the molecule is COc1cc(C(N)C(=O)O)cc(C)c1Br. The summed E-state index contributed by atoms with van der Waals surface area (Å²) in [5, 5.41) is 8.78. The van der Waals surface area contributed by atoms with Crippen LogP contribution in [0.4, 0.5) is 0 Å². The van der Waals surface area contributed by atoms with Gasteiger partial charge in [-0.1, -0.05) is 6.07 Å².